The zero-order valence-corrected chi connectivity index (χ0v) is 15.5. The molecule has 0 aromatic heterocycles. The highest BCUT2D eigenvalue weighted by Gasteiger charge is 2.39. The Morgan fingerprint density at radius 3 is 1.62 bits per heavy atom. The van der Waals surface area contributed by atoms with Gasteiger partial charge in [0.25, 0.3) is 0 Å². The molecule has 0 aliphatic carbocycles. The highest BCUT2D eigenvalue weighted by molar-refractivity contribution is 7.49. The van der Waals surface area contributed by atoms with Crippen molar-refractivity contribution in [3.05, 3.63) is 99.1 Å². The van der Waals surface area contributed by atoms with Gasteiger partial charge in [-0.1, -0.05) is 42.5 Å². The molecule has 0 unspecified atom stereocenters. The van der Waals surface area contributed by atoms with Crippen LogP contribution in [0, 0.1) is 20.2 Å². The molecule has 11 heteroatoms. The number of hydrogen-bond acceptors (Lipinski definition) is 8. The molecule has 0 fully saturated rings. The van der Waals surface area contributed by atoms with Crippen molar-refractivity contribution in [1.29, 1.82) is 0 Å². The Morgan fingerprint density at radius 2 is 1.17 bits per heavy atom. The van der Waals surface area contributed by atoms with Crippen molar-refractivity contribution in [2.45, 2.75) is 0 Å². The maximum atomic E-state index is 13.3. The average Bonchev–Trinajstić information content (AvgIpc) is 2.68. The summed E-state index contributed by atoms with van der Waals surface area (Å²) in [4.78, 5) is 20.6. The van der Waals surface area contributed by atoms with E-state index in [-0.39, 0.29) is 11.5 Å². The van der Waals surface area contributed by atoms with Gasteiger partial charge in [0.1, 0.15) is 11.5 Å². The van der Waals surface area contributed by atoms with E-state index >= 15 is 0 Å². The first-order valence-electron chi connectivity index (χ1n) is 8.09. The van der Waals surface area contributed by atoms with Crippen LogP contribution in [-0.4, -0.2) is 9.85 Å². The second-order valence-electron chi connectivity index (χ2n) is 5.49. The van der Waals surface area contributed by atoms with Crippen LogP contribution in [0.2, 0.25) is 0 Å². The van der Waals surface area contributed by atoms with E-state index in [2.05, 4.69) is 0 Å². The third kappa shape index (κ3) is 4.88. The summed E-state index contributed by atoms with van der Waals surface area (Å²) in [5.41, 5.74) is -1.79. The van der Waals surface area contributed by atoms with E-state index in [1.807, 2.05) is 0 Å². The molecule has 0 amide bonds. The lowest BCUT2D eigenvalue weighted by atomic mass is 10.2. The fraction of sp³-hybridized carbons (Fsp3) is 0. The first-order valence-corrected chi connectivity index (χ1v) is 9.55. The molecule has 0 spiro atoms. The molecule has 0 radical (unpaired) electrons. The van der Waals surface area contributed by atoms with Gasteiger partial charge in [-0.2, -0.15) is 4.57 Å². The molecule has 10 nitrogen and oxygen atoms in total. The minimum atomic E-state index is -4.53. The Kier molecular flexibility index (Phi) is 5.75. The molecule has 148 valence electrons. The Balaban J connectivity index is 2.03. The van der Waals surface area contributed by atoms with Crippen molar-refractivity contribution in [2.75, 3.05) is 0 Å². The molecule has 0 heterocycles. The third-order valence-electron chi connectivity index (χ3n) is 3.49. The largest absolute Gasteiger partial charge is 0.647 e. The number of nitro benzene ring substituents is 2. The van der Waals surface area contributed by atoms with Crippen molar-refractivity contribution in [3.8, 4) is 17.2 Å². The summed E-state index contributed by atoms with van der Waals surface area (Å²) in [5.74, 6) is -0.404. The number of phosphoric ester groups is 1. The molecule has 3 aromatic carbocycles. The first kappa shape index (κ1) is 19.8. The molecule has 0 aliphatic rings. The van der Waals surface area contributed by atoms with E-state index < -0.39 is 34.8 Å². The second kappa shape index (κ2) is 8.41. The van der Waals surface area contributed by atoms with Crippen LogP contribution in [0.25, 0.3) is 0 Å². The van der Waals surface area contributed by atoms with Gasteiger partial charge in [0.15, 0.2) is 0 Å². The standard InChI is InChI=1S/C18H13N2O8P/c21-19(22)16-12-7-13-17(18(16)20(23)24)28-29(25,26-14-8-3-1-4-9-14)27-15-10-5-2-6-11-15/h1-13H. The summed E-state index contributed by atoms with van der Waals surface area (Å²) in [5, 5.41) is 22.5. The summed E-state index contributed by atoms with van der Waals surface area (Å²) < 4.78 is 29.3. The lowest BCUT2D eigenvalue weighted by Crippen LogP contribution is -2.09. The first-order chi connectivity index (χ1) is 13.9. The molecule has 29 heavy (non-hydrogen) atoms. The van der Waals surface area contributed by atoms with E-state index in [4.69, 9.17) is 13.6 Å². The molecular weight excluding hydrogens is 403 g/mol. The quantitative estimate of drug-likeness (QED) is 0.280. The van der Waals surface area contributed by atoms with Crippen LogP contribution in [0.1, 0.15) is 0 Å². The zero-order chi connectivity index (χ0) is 20.9. The Labute approximate surface area is 164 Å². The summed E-state index contributed by atoms with van der Waals surface area (Å²) in [6.45, 7) is 0. The summed E-state index contributed by atoms with van der Waals surface area (Å²) >= 11 is 0. The van der Waals surface area contributed by atoms with Gasteiger partial charge >= 0.3 is 19.2 Å². The molecule has 3 rings (SSSR count). The fourth-order valence-corrected chi connectivity index (χ4v) is 3.57. The average molecular weight is 416 g/mol. The van der Waals surface area contributed by atoms with Gasteiger partial charge in [-0.15, -0.1) is 0 Å². The topological polar surface area (TPSA) is 131 Å². The number of para-hydroxylation sites is 3. The predicted octanol–water partition coefficient (Wildman–Crippen LogP) is 5.15. The highest BCUT2D eigenvalue weighted by atomic mass is 31.2. The maximum absolute atomic E-state index is 13.3. The van der Waals surface area contributed by atoms with E-state index in [9.17, 15) is 24.8 Å². The smallest absolute Gasteiger partial charge is 0.386 e. The minimum absolute atomic E-state index is 0.111. The van der Waals surface area contributed by atoms with Crippen molar-refractivity contribution >= 4 is 19.2 Å². The molecular formula is C18H13N2O8P. The van der Waals surface area contributed by atoms with Crippen LogP contribution < -0.4 is 13.6 Å². The predicted molar refractivity (Wildman–Crippen MR) is 102 cm³/mol. The SMILES string of the molecule is O=[N+]([O-])c1cccc(OP(=O)(Oc2ccccc2)Oc2ccccc2)c1[N+](=O)[O-]. The van der Waals surface area contributed by atoms with Crippen molar-refractivity contribution in [1.82, 2.24) is 0 Å². The van der Waals surface area contributed by atoms with Gasteiger partial charge in [0, 0.05) is 6.07 Å². The van der Waals surface area contributed by atoms with Crippen LogP contribution in [0.5, 0.6) is 17.2 Å². The van der Waals surface area contributed by atoms with Crippen molar-refractivity contribution in [2.24, 2.45) is 0 Å². The number of phosphoric acid groups is 1. The van der Waals surface area contributed by atoms with Gasteiger partial charge in [0.05, 0.1) is 9.85 Å². The molecule has 0 aliphatic heterocycles. The van der Waals surface area contributed by atoms with Gasteiger partial charge in [-0.05, 0) is 30.3 Å². The van der Waals surface area contributed by atoms with E-state index in [0.717, 1.165) is 18.2 Å². The minimum Gasteiger partial charge on any atom is -0.386 e. The van der Waals surface area contributed by atoms with Crippen LogP contribution in [0.3, 0.4) is 0 Å². The van der Waals surface area contributed by atoms with Gasteiger partial charge in [-0.25, -0.2) is 0 Å². The molecule has 0 atom stereocenters. The second-order valence-corrected chi connectivity index (χ2v) is 6.93. The highest BCUT2D eigenvalue weighted by Crippen LogP contribution is 2.52. The Bertz CT molecular complexity index is 1030. The monoisotopic (exact) mass is 416 g/mol. The van der Waals surface area contributed by atoms with Crippen molar-refractivity contribution < 1.29 is 28.0 Å². The number of nitrogens with zero attached hydrogens (tertiary/aromatic N) is 2. The number of rotatable bonds is 8. The molecule has 0 N–H and O–H groups in total. The van der Waals surface area contributed by atoms with Crippen LogP contribution in [0.4, 0.5) is 11.4 Å². The van der Waals surface area contributed by atoms with E-state index in [0.29, 0.717) is 0 Å². The van der Waals surface area contributed by atoms with Gasteiger partial charge in [0.2, 0.25) is 5.75 Å². The number of nitro groups is 2. The zero-order valence-electron chi connectivity index (χ0n) is 14.6. The van der Waals surface area contributed by atoms with E-state index in [1.165, 1.54) is 24.3 Å². The summed E-state index contributed by atoms with van der Waals surface area (Å²) in [6.07, 6.45) is 0. The summed E-state index contributed by atoms with van der Waals surface area (Å²) in [6, 6.07) is 18.9. The fourth-order valence-electron chi connectivity index (χ4n) is 2.31. The molecule has 0 saturated heterocycles. The maximum Gasteiger partial charge on any atom is 0.647 e. The molecule has 0 bridgehead atoms. The lowest BCUT2D eigenvalue weighted by Gasteiger charge is -2.19. The van der Waals surface area contributed by atoms with Crippen molar-refractivity contribution in [3.63, 3.8) is 0 Å². The summed E-state index contributed by atoms with van der Waals surface area (Å²) in [7, 11) is -4.53. The number of hydrogen-bond donors (Lipinski definition) is 0. The van der Waals surface area contributed by atoms with Crippen LogP contribution in [0.15, 0.2) is 78.9 Å². The Hall–Kier alpha value is -3.91. The van der Waals surface area contributed by atoms with E-state index in [1.54, 1.807) is 36.4 Å². The number of benzene rings is 3. The molecule has 0 saturated carbocycles. The lowest BCUT2D eigenvalue weighted by molar-refractivity contribution is -0.422. The Morgan fingerprint density at radius 1 is 0.655 bits per heavy atom. The molecule has 3 aromatic rings. The van der Waals surface area contributed by atoms with Gasteiger partial charge < -0.3 is 13.6 Å². The normalized spacial score (nSPS) is 10.8. The van der Waals surface area contributed by atoms with Crippen LogP contribution in [-0.2, 0) is 4.57 Å². The third-order valence-corrected chi connectivity index (χ3v) is 4.78. The van der Waals surface area contributed by atoms with Gasteiger partial charge in [-0.3, -0.25) is 20.2 Å². The van der Waals surface area contributed by atoms with Crippen LogP contribution >= 0.6 is 7.82 Å².